The van der Waals surface area contributed by atoms with Gasteiger partial charge in [0, 0.05) is 37.6 Å². The molecule has 0 aliphatic carbocycles. The van der Waals surface area contributed by atoms with Crippen molar-refractivity contribution >= 4 is 17.2 Å². The molecule has 1 aliphatic rings. The Bertz CT molecular complexity index is 634. The molecule has 122 valence electrons. The number of hydrogen-bond donors (Lipinski definition) is 0. The Labute approximate surface area is 141 Å². The molecule has 0 atom stereocenters. The van der Waals surface area contributed by atoms with Crippen LogP contribution in [-0.2, 0) is 11.3 Å². The fourth-order valence-corrected chi connectivity index (χ4v) is 3.47. The molecule has 1 fully saturated rings. The minimum Gasteiger partial charge on any atom is -0.484 e. The van der Waals surface area contributed by atoms with E-state index in [-0.39, 0.29) is 12.5 Å². The summed E-state index contributed by atoms with van der Waals surface area (Å²) in [7, 11) is 0. The van der Waals surface area contributed by atoms with Gasteiger partial charge in [0.25, 0.3) is 5.91 Å². The van der Waals surface area contributed by atoms with Crippen molar-refractivity contribution in [3.63, 3.8) is 0 Å². The van der Waals surface area contributed by atoms with E-state index in [0.29, 0.717) is 0 Å². The Morgan fingerprint density at radius 1 is 1.17 bits per heavy atom. The number of piperazine rings is 1. The third-order valence-electron chi connectivity index (χ3n) is 4.04. The maximum atomic E-state index is 12.3. The smallest absolute Gasteiger partial charge is 0.260 e. The van der Waals surface area contributed by atoms with Gasteiger partial charge >= 0.3 is 0 Å². The van der Waals surface area contributed by atoms with E-state index in [1.165, 1.54) is 4.88 Å². The lowest BCUT2D eigenvalue weighted by molar-refractivity contribution is -0.135. The van der Waals surface area contributed by atoms with Crippen molar-refractivity contribution in [1.29, 1.82) is 0 Å². The van der Waals surface area contributed by atoms with E-state index >= 15 is 0 Å². The zero-order valence-electron chi connectivity index (χ0n) is 13.4. The Kier molecular flexibility index (Phi) is 5.31. The lowest BCUT2D eigenvalue weighted by atomic mass is 10.2. The summed E-state index contributed by atoms with van der Waals surface area (Å²) < 4.78 is 5.61. The maximum absolute atomic E-state index is 12.3. The molecule has 1 amide bonds. The molecule has 3 rings (SSSR count). The number of amides is 1. The lowest BCUT2D eigenvalue weighted by Crippen LogP contribution is -2.49. The summed E-state index contributed by atoms with van der Waals surface area (Å²) in [6.07, 6.45) is 0. The molecule has 2 heterocycles. The molecule has 1 saturated heterocycles. The Balaban J connectivity index is 1.43. The van der Waals surface area contributed by atoms with E-state index in [4.69, 9.17) is 4.74 Å². The van der Waals surface area contributed by atoms with Gasteiger partial charge < -0.3 is 9.64 Å². The van der Waals surface area contributed by atoms with E-state index in [1.54, 1.807) is 11.3 Å². The second kappa shape index (κ2) is 7.62. The van der Waals surface area contributed by atoms with Crippen LogP contribution in [0.2, 0.25) is 0 Å². The van der Waals surface area contributed by atoms with E-state index in [2.05, 4.69) is 22.4 Å². The average Bonchev–Trinajstić information content (AvgIpc) is 3.06. The molecular formula is C18H22N2O2S. The number of thiophene rings is 1. The summed E-state index contributed by atoms with van der Waals surface area (Å²) in [5, 5.41) is 2.11. The monoisotopic (exact) mass is 330 g/mol. The van der Waals surface area contributed by atoms with Gasteiger partial charge in [-0.2, -0.15) is 0 Å². The molecule has 0 saturated carbocycles. The second-order valence-corrected chi connectivity index (χ2v) is 6.87. The highest BCUT2D eigenvalue weighted by molar-refractivity contribution is 7.09. The van der Waals surface area contributed by atoms with Gasteiger partial charge in [0.15, 0.2) is 6.61 Å². The largest absolute Gasteiger partial charge is 0.484 e. The molecule has 23 heavy (non-hydrogen) atoms. The van der Waals surface area contributed by atoms with Crippen molar-refractivity contribution in [2.75, 3.05) is 32.8 Å². The SMILES string of the molecule is Cc1cccc(OCC(=O)N2CCN(Cc3cccs3)CC2)c1. The zero-order valence-corrected chi connectivity index (χ0v) is 14.2. The van der Waals surface area contributed by atoms with Crippen molar-refractivity contribution in [3.8, 4) is 5.75 Å². The van der Waals surface area contributed by atoms with Gasteiger partial charge in [0.05, 0.1) is 0 Å². The van der Waals surface area contributed by atoms with Crippen molar-refractivity contribution in [2.45, 2.75) is 13.5 Å². The van der Waals surface area contributed by atoms with Gasteiger partial charge in [0.2, 0.25) is 0 Å². The van der Waals surface area contributed by atoms with Gasteiger partial charge in [-0.15, -0.1) is 11.3 Å². The topological polar surface area (TPSA) is 32.8 Å². The summed E-state index contributed by atoms with van der Waals surface area (Å²) in [5.74, 6) is 0.831. The number of hydrogen-bond acceptors (Lipinski definition) is 4. The first-order valence-corrected chi connectivity index (χ1v) is 8.80. The molecular weight excluding hydrogens is 308 g/mol. The highest BCUT2D eigenvalue weighted by Crippen LogP contribution is 2.15. The van der Waals surface area contributed by atoms with Gasteiger partial charge in [-0.25, -0.2) is 0 Å². The third kappa shape index (κ3) is 4.56. The molecule has 0 unspecified atom stereocenters. The lowest BCUT2D eigenvalue weighted by Gasteiger charge is -2.34. The number of rotatable bonds is 5. The van der Waals surface area contributed by atoms with Crippen LogP contribution in [0.5, 0.6) is 5.75 Å². The average molecular weight is 330 g/mol. The van der Waals surface area contributed by atoms with Crippen LogP contribution in [0.15, 0.2) is 41.8 Å². The Hall–Kier alpha value is -1.85. The van der Waals surface area contributed by atoms with Crippen LogP contribution in [0, 0.1) is 6.92 Å². The summed E-state index contributed by atoms with van der Waals surface area (Å²) in [6, 6.07) is 12.0. The Morgan fingerprint density at radius 3 is 2.70 bits per heavy atom. The van der Waals surface area contributed by atoms with Crippen molar-refractivity contribution in [3.05, 3.63) is 52.2 Å². The molecule has 0 spiro atoms. The van der Waals surface area contributed by atoms with E-state index in [0.717, 1.165) is 44.0 Å². The normalized spacial score (nSPS) is 15.6. The van der Waals surface area contributed by atoms with Crippen LogP contribution in [0.1, 0.15) is 10.4 Å². The van der Waals surface area contributed by atoms with Crippen LogP contribution in [-0.4, -0.2) is 48.5 Å². The van der Waals surface area contributed by atoms with Crippen LogP contribution >= 0.6 is 11.3 Å². The molecule has 2 aromatic rings. The standard InChI is InChI=1S/C18H22N2O2S/c1-15-4-2-5-16(12-15)22-14-18(21)20-9-7-19(8-10-20)13-17-6-3-11-23-17/h2-6,11-12H,7-10,13-14H2,1H3. The van der Waals surface area contributed by atoms with Crippen molar-refractivity contribution in [2.24, 2.45) is 0 Å². The minimum absolute atomic E-state index is 0.0716. The van der Waals surface area contributed by atoms with E-state index in [1.807, 2.05) is 36.1 Å². The summed E-state index contributed by atoms with van der Waals surface area (Å²) in [4.78, 5) is 17.9. The maximum Gasteiger partial charge on any atom is 0.260 e. The molecule has 1 aromatic heterocycles. The van der Waals surface area contributed by atoms with Crippen LogP contribution in [0.3, 0.4) is 0 Å². The first-order valence-electron chi connectivity index (χ1n) is 7.93. The molecule has 0 N–H and O–H groups in total. The number of ether oxygens (including phenoxy) is 1. The van der Waals surface area contributed by atoms with E-state index in [9.17, 15) is 4.79 Å². The van der Waals surface area contributed by atoms with Gasteiger partial charge in [0.1, 0.15) is 5.75 Å². The van der Waals surface area contributed by atoms with Crippen LogP contribution < -0.4 is 4.74 Å². The fourth-order valence-electron chi connectivity index (χ4n) is 2.72. The highest BCUT2D eigenvalue weighted by atomic mass is 32.1. The van der Waals surface area contributed by atoms with Gasteiger partial charge in [-0.05, 0) is 36.1 Å². The molecule has 1 aliphatic heterocycles. The predicted octanol–water partition coefficient (Wildman–Crippen LogP) is 2.78. The van der Waals surface area contributed by atoms with Crippen molar-refractivity contribution < 1.29 is 9.53 Å². The predicted molar refractivity (Wildman–Crippen MR) is 92.9 cm³/mol. The molecule has 0 bridgehead atoms. The number of carbonyl (C=O) groups excluding carboxylic acids is 1. The molecule has 1 aromatic carbocycles. The molecule has 5 heteroatoms. The summed E-state index contributed by atoms with van der Waals surface area (Å²) in [6.45, 7) is 6.53. The highest BCUT2D eigenvalue weighted by Gasteiger charge is 2.21. The number of benzene rings is 1. The number of nitrogens with zero attached hydrogens (tertiary/aromatic N) is 2. The third-order valence-corrected chi connectivity index (χ3v) is 4.90. The van der Waals surface area contributed by atoms with Gasteiger partial charge in [-0.1, -0.05) is 18.2 Å². The Morgan fingerprint density at radius 2 is 2.00 bits per heavy atom. The minimum atomic E-state index is 0.0716. The fraction of sp³-hybridized carbons (Fsp3) is 0.389. The summed E-state index contributed by atoms with van der Waals surface area (Å²) >= 11 is 1.79. The molecule has 0 radical (unpaired) electrons. The first-order chi connectivity index (χ1) is 11.2. The van der Waals surface area contributed by atoms with Crippen LogP contribution in [0.25, 0.3) is 0 Å². The van der Waals surface area contributed by atoms with Crippen LogP contribution in [0.4, 0.5) is 0 Å². The quantitative estimate of drug-likeness (QED) is 0.845. The van der Waals surface area contributed by atoms with E-state index < -0.39 is 0 Å². The molecule has 4 nitrogen and oxygen atoms in total. The number of carbonyl (C=O) groups is 1. The van der Waals surface area contributed by atoms with Crippen molar-refractivity contribution in [1.82, 2.24) is 9.80 Å². The second-order valence-electron chi connectivity index (χ2n) is 5.84. The summed E-state index contributed by atoms with van der Waals surface area (Å²) in [5.41, 5.74) is 1.14. The number of aryl methyl sites for hydroxylation is 1. The zero-order chi connectivity index (χ0) is 16.1. The van der Waals surface area contributed by atoms with Gasteiger partial charge in [-0.3, -0.25) is 9.69 Å². The first kappa shape index (κ1) is 16.0.